The van der Waals surface area contributed by atoms with E-state index in [1.165, 1.54) is 0 Å². The average Bonchev–Trinajstić information content (AvgIpc) is 2.48. The van der Waals surface area contributed by atoms with E-state index in [4.69, 9.17) is 4.42 Å². The fourth-order valence-corrected chi connectivity index (χ4v) is 1.56. The Kier molecular flexibility index (Phi) is 2.37. The molecule has 72 valence electrons. The van der Waals surface area contributed by atoms with Gasteiger partial charge in [-0.25, -0.2) is 4.98 Å². The molecule has 0 aliphatic rings. The molecule has 14 heavy (non-hydrogen) atoms. The lowest BCUT2D eigenvalue weighted by Gasteiger charge is -1.96. The second-order valence-corrected chi connectivity index (χ2v) is 3.87. The Labute approximate surface area is 90.3 Å². The van der Waals surface area contributed by atoms with E-state index in [0.717, 1.165) is 21.5 Å². The van der Waals surface area contributed by atoms with E-state index in [0.29, 0.717) is 5.89 Å². The third-order valence-corrected chi connectivity index (χ3v) is 2.66. The molecule has 0 bridgehead atoms. The summed E-state index contributed by atoms with van der Waals surface area (Å²) in [6.07, 6.45) is 3.44. The van der Waals surface area contributed by atoms with Gasteiger partial charge < -0.3 is 4.42 Å². The Morgan fingerprint density at radius 2 is 2.14 bits per heavy atom. The van der Waals surface area contributed by atoms with Crippen LogP contribution in [0.25, 0.3) is 11.5 Å². The number of hydrogen-bond donors (Lipinski definition) is 0. The van der Waals surface area contributed by atoms with Crippen LogP contribution in [0.5, 0.6) is 0 Å². The summed E-state index contributed by atoms with van der Waals surface area (Å²) in [5.74, 6) is 1.48. The Morgan fingerprint density at radius 3 is 2.71 bits per heavy atom. The largest absolute Gasteiger partial charge is 0.441 e. The molecule has 0 amide bonds. The summed E-state index contributed by atoms with van der Waals surface area (Å²) in [5, 5.41) is 0. The molecule has 0 atom stereocenters. The molecule has 2 aromatic rings. The Morgan fingerprint density at radius 1 is 1.36 bits per heavy atom. The fourth-order valence-electron chi connectivity index (χ4n) is 1.14. The number of aromatic nitrogens is 2. The molecule has 0 fully saturated rings. The maximum atomic E-state index is 5.51. The van der Waals surface area contributed by atoms with E-state index in [2.05, 4.69) is 25.9 Å². The smallest absolute Gasteiger partial charge is 0.227 e. The zero-order valence-corrected chi connectivity index (χ0v) is 9.50. The van der Waals surface area contributed by atoms with Crippen molar-refractivity contribution >= 4 is 15.9 Å². The summed E-state index contributed by atoms with van der Waals surface area (Å²) in [6.45, 7) is 3.83. The number of pyridine rings is 1. The minimum Gasteiger partial charge on any atom is -0.441 e. The first-order chi connectivity index (χ1) is 6.68. The normalized spacial score (nSPS) is 10.5. The van der Waals surface area contributed by atoms with Crippen LogP contribution in [-0.4, -0.2) is 9.97 Å². The zero-order valence-electron chi connectivity index (χ0n) is 7.91. The first kappa shape index (κ1) is 9.40. The summed E-state index contributed by atoms with van der Waals surface area (Å²) in [7, 11) is 0. The maximum absolute atomic E-state index is 5.51. The van der Waals surface area contributed by atoms with Crippen molar-refractivity contribution in [3.8, 4) is 11.5 Å². The highest BCUT2D eigenvalue weighted by molar-refractivity contribution is 9.10. The molecule has 2 aromatic heterocycles. The quantitative estimate of drug-likeness (QED) is 0.783. The number of hydrogen-bond acceptors (Lipinski definition) is 3. The van der Waals surface area contributed by atoms with E-state index in [1.807, 2.05) is 19.9 Å². The van der Waals surface area contributed by atoms with Gasteiger partial charge in [-0.2, -0.15) is 0 Å². The van der Waals surface area contributed by atoms with Crippen LogP contribution in [0.1, 0.15) is 11.5 Å². The molecule has 0 N–H and O–H groups in total. The van der Waals surface area contributed by atoms with Crippen LogP contribution in [0.3, 0.4) is 0 Å². The molecule has 0 aliphatic carbocycles. The number of halogens is 1. The van der Waals surface area contributed by atoms with Crippen LogP contribution < -0.4 is 0 Å². The summed E-state index contributed by atoms with van der Waals surface area (Å²) >= 11 is 3.40. The monoisotopic (exact) mass is 252 g/mol. The van der Waals surface area contributed by atoms with Gasteiger partial charge in [0.2, 0.25) is 5.89 Å². The van der Waals surface area contributed by atoms with Crippen molar-refractivity contribution < 1.29 is 4.42 Å². The van der Waals surface area contributed by atoms with Crippen LogP contribution in [0.15, 0.2) is 27.3 Å². The third kappa shape index (κ3) is 1.57. The summed E-state index contributed by atoms with van der Waals surface area (Å²) in [6, 6.07) is 1.87. The molecule has 0 saturated carbocycles. The molecule has 0 saturated heterocycles. The van der Waals surface area contributed by atoms with Gasteiger partial charge in [0.15, 0.2) is 0 Å². The number of oxazole rings is 1. The predicted molar refractivity (Wildman–Crippen MR) is 56.9 cm³/mol. The molecule has 0 unspecified atom stereocenters. The Balaban J connectivity index is 2.55. The molecule has 2 heterocycles. The molecule has 2 rings (SSSR count). The second kappa shape index (κ2) is 3.53. The summed E-state index contributed by atoms with van der Waals surface area (Å²) in [5.41, 5.74) is 1.85. The fraction of sp³-hybridized carbons (Fsp3) is 0.200. The molecule has 3 nitrogen and oxygen atoms in total. The van der Waals surface area contributed by atoms with Gasteiger partial charge in [-0.05, 0) is 35.8 Å². The molecule has 0 radical (unpaired) electrons. The first-order valence-electron chi connectivity index (χ1n) is 4.22. The van der Waals surface area contributed by atoms with Crippen LogP contribution in [0, 0.1) is 13.8 Å². The lowest BCUT2D eigenvalue weighted by atomic mass is 10.3. The molecular formula is C10H9BrN2O. The molecular weight excluding hydrogens is 244 g/mol. The van der Waals surface area contributed by atoms with Crippen molar-refractivity contribution in [2.24, 2.45) is 0 Å². The Bertz CT molecular complexity index is 445. The van der Waals surface area contributed by atoms with Gasteiger partial charge in [0, 0.05) is 16.9 Å². The second-order valence-electron chi connectivity index (χ2n) is 3.02. The summed E-state index contributed by atoms with van der Waals surface area (Å²) in [4.78, 5) is 8.30. The minimum absolute atomic E-state index is 0.634. The van der Waals surface area contributed by atoms with Crippen LogP contribution in [0.2, 0.25) is 0 Å². The predicted octanol–water partition coefficient (Wildman–Crippen LogP) is 3.12. The lowest BCUT2D eigenvalue weighted by molar-refractivity contribution is 0.540. The minimum atomic E-state index is 0.634. The van der Waals surface area contributed by atoms with Crippen molar-refractivity contribution in [2.45, 2.75) is 13.8 Å². The molecule has 0 aromatic carbocycles. The number of nitrogens with zero attached hydrogens (tertiary/aromatic N) is 2. The van der Waals surface area contributed by atoms with E-state index in [9.17, 15) is 0 Å². The summed E-state index contributed by atoms with van der Waals surface area (Å²) < 4.78 is 6.40. The van der Waals surface area contributed by atoms with Gasteiger partial charge in [-0.1, -0.05) is 0 Å². The standard InChI is InChI=1S/C10H9BrN2O/c1-6-7(2)14-10(13-6)8-3-4-12-5-9(8)11/h3-5H,1-2H3. The number of rotatable bonds is 1. The van der Waals surface area contributed by atoms with Gasteiger partial charge in [0.1, 0.15) is 5.76 Å². The van der Waals surface area contributed by atoms with E-state index in [-0.39, 0.29) is 0 Å². The van der Waals surface area contributed by atoms with E-state index in [1.54, 1.807) is 12.4 Å². The highest BCUT2D eigenvalue weighted by Crippen LogP contribution is 2.27. The highest BCUT2D eigenvalue weighted by Gasteiger charge is 2.10. The van der Waals surface area contributed by atoms with Crippen molar-refractivity contribution in [2.75, 3.05) is 0 Å². The van der Waals surface area contributed by atoms with Gasteiger partial charge in [0.25, 0.3) is 0 Å². The van der Waals surface area contributed by atoms with E-state index >= 15 is 0 Å². The number of aryl methyl sites for hydroxylation is 2. The van der Waals surface area contributed by atoms with Crippen LogP contribution >= 0.6 is 15.9 Å². The SMILES string of the molecule is Cc1nc(-c2ccncc2Br)oc1C. The zero-order chi connectivity index (χ0) is 10.1. The lowest BCUT2D eigenvalue weighted by Crippen LogP contribution is -1.81. The van der Waals surface area contributed by atoms with Gasteiger partial charge in [-0.3, -0.25) is 4.98 Å². The molecule has 0 spiro atoms. The van der Waals surface area contributed by atoms with Crippen molar-refractivity contribution in [3.05, 3.63) is 34.4 Å². The van der Waals surface area contributed by atoms with Gasteiger partial charge in [0.05, 0.1) is 11.3 Å². The van der Waals surface area contributed by atoms with Crippen molar-refractivity contribution in [3.63, 3.8) is 0 Å². The third-order valence-electron chi connectivity index (χ3n) is 2.03. The molecule has 0 aliphatic heterocycles. The topological polar surface area (TPSA) is 38.9 Å². The van der Waals surface area contributed by atoms with Crippen LogP contribution in [0.4, 0.5) is 0 Å². The van der Waals surface area contributed by atoms with Gasteiger partial charge in [-0.15, -0.1) is 0 Å². The van der Waals surface area contributed by atoms with Crippen molar-refractivity contribution in [1.29, 1.82) is 0 Å². The van der Waals surface area contributed by atoms with Gasteiger partial charge >= 0.3 is 0 Å². The Hall–Kier alpha value is -1.16. The first-order valence-corrected chi connectivity index (χ1v) is 5.01. The maximum Gasteiger partial charge on any atom is 0.227 e. The van der Waals surface area contributed by atoms with E-state index < -0.39 is 0 Å². The molecule has 4 heteroatoms. The average molecular weight is 253 g/mol. The highest BCUT2D eigenvalue weighted by atomic mass is 79.9. The van der Waals surface area contributed by atoms with Crippen LogP contribution in [-0.2, 0) is 0 Å². The van der Waals surface area contributed by atoms with Crippen molar-refractivity contribution in [1.82, 2.24) is 9.97 Å².